The zero-order chi connectivity index (χ0) is 33.6. The van der Waals surface area contributed by atoms with E-state index in [1.165, 1.54) is 44.9 Å². The van der Waals surface area contributed by atoms with Crippen molar-refractivity contribution in [3.63, 3.8) is 0 Å². The van der Waals surface area contributed by atoms with E-state index in [-0.39, 0.29) is 16.0 Å². The van der Waals surface area contributed by atoms with Crippen LogP contribution in [0.2, 0.25) is 36.3 Å². The van der Waals surface area contributed by atoms with Gasteiger partial charge in [0.2, 0.25) is 0 Å². The van der Waals surface area contributed by atoms with Gasteiger partial charge in [-0.2, -0.15) is 0 Å². The first kappa shape index (κ1) is 37.1. The van der Waals surface area contributed by atoms with Gasteiger partial charge in [-0.25, -0.2) is 4.79 Å². The van der Waals surface area contributed by atoms with Gasteiger partial charge in [-0.3, -0.25) is 0 Å². The van der Waals surface area contributed by atoms with Crippen molar-refractivity contribution >= 4 is 22.6 Å². The van der Waals surface area contributed by atoms with Crippen LogP contribution in [-0.2, 0) is 18.4 Å². The summed E-state index contributed by atoms with van der Waals surface area (Å²) in [6.07, 6.45) is 18.0. The lowest BCUT2D eigenvalue weighted by Crippen LogP contribution is -2.52. The lowest BCUT2D eigenvalue weighted by molar-refractivity contribution is -0.137. The van der Waals surface area contributed by atoms with E-state index in [1.54, 1.807) is 11.6 Å². The molecule has 4 nitrogen and oxygen atoms in total. The number of ether oxygens (including phenoxy) is 1. The second kappa shape index (κ2) is 13.3. The van der Waals surface area contributed by atoms with Crippen LogP contribution in [0, 0.1) is 40.4 Å². The minimum absolute atomic E-state index is 0.189. The van der Waals surface area contributed by atoms with Gasteiger partial charge >= 0.3 is 5.97 Å². The van der Waals surface area contributed by atoms with Crippen LogP contribution in [0.15, 0.2) is 23.8 Å². The molecule has 0 aromatic rings. The Morgan fingerprint density at radius 3 is 2.24 bits per heavy atom. The number of hydrogen-bond acceptors (Lipinski definition) is 4. The molecule has 6 heteroatoms. The van der Waals surface area contributed by atoms with E-state index >= 15 is 0 Å². The molecule has 3 saturated carbocycles. The second-order valence-electron chi connectivity index (χ2n) is 19.0. The standard InChI is InChI=1S/C39H70O4Si2/c1-14-41-35(40)17-15-16-28(27-42-44(10,11)36(2,3)4)32-20-21-33-31-19-18-29-26-30(43-45(12,13)37(5,6)7)22-24-38(29,8)34(31)23-25-39(32,33)9/h15,17-18,28,30-34H,14,16,19-27H2,1-13H3/b17-15+/t28-,30+,31+,32-,33+,34+,38+,39-/m1/s1. The van der Waals surface area contributed by atoms with E-state index in [0.29, 0.717) is 35.4 Å². The first-order chi connectivity index (χ1) is 20.7. The van der Waals surface area contributed by atoms with Crippen LogP contribution in [-0.4, -0.2) is 41.9 Å². The van der Waals surface area contributed by atoms with Crippen LogP contribution in [0.1, 0.15) is 120 Å². The number of hydrogen-bond donors (Lipinski definition) is 0. The van der Waals surface area contributed by atoms with Gasteiger partial charge < -0.3 is 13.6 Å². The fourth-order valence-electron chi connectivity index (χ4n) is 9.55. The van der Waals surface area contributed by atoms with E-state index < -0.39 is 16.6 Å². The molecule has 4 aliphatic carbocycles. The van der Waals surface area contributed by atoms with Crippen molar-refractivity contribution in [2.45, 2.75) is 162 Å². The van der Waals surface area contributed by atoms with Gasteiger partial charge in [-0.05, 0) is 141 Å². The summed E-state index contributed by atoms with van der Waals surface area (Å²) < 4.78 is 19.1. The monoisotopic (exact) mass is 658 g/mol. The third-order valence-corrected chi connectivity index (χ3v) is 23.4. The highest BCUT2D eigenvalue weighted by molar-refractivity contribution is 6.74. The largest absolute Gasteiger partial charge is 0.463 e. The van der Waals surface area contributed by atoms with Crippen molar-refractivity contribution in [3.8, 4) is 0 Å². The van der Waals surface area contributed by atoms with Gasteiger partial charge in [-0.15, -0.1) is 0 Å². The maximum Gasteiger partial charge on any atom is 0.330 e. The molecular formula is C39H70O4Si2. The highest BCUT2D eigenvalue weighted by atomic mass is 28.4. The van der Waals surface area contributed by atoms with Crippen molar-refractivity contribution in [2.75, 3.05) is 13.2 Å². The summed E-state index contributed by atoms with van der Waals surface area (Å²) in [5.41, 5.74) is 2.40. The number of rotatable bonds is 10. The first-order valence-corrected chi connectivity index (χ1v) is 24.3. The van der Waals surface area contributed by atoms with Crippen LogP contribution in [0.3, 0.4) is 0 Å². The quantitative estimate of drug-likeness (QED) is 0.101. The Morgan fingerprint density at radius 1 is 0.956 bits per heavy atom. The van der Waals surface area contributed by atoms with E-state index in [2.05, 4.69) is 93.7 Å². The van der Waals surface area contributed by atoms with Crippen molar-refractivity contribution in [1.29, 1.82) is 0 Å². The summed E-state index contributed by atoms with van der Waals surface area (Å²) in [7, 11) is -3.65. The predicted octanol–water partition coefficient (Wildman–Crippen LogP) is 11.1. The summed E-state index contributed by atoms with van der Waals surface area (Å²) in [6.45, 7) is 32.1. The number of fused-ring (bicyclic) bond motifs is 5. The average Bonchev–Trinajstić information content (AvgIpc) is 3.26. The fourth-order valence-corrected chi connectivity index (χ4v) is 12.0. The smallest absolute Gasteiger partial charge is 0.330 e. The Balaban J connectivity index is 1.52. The summed E-state index contributed by atoms with van der Waals surface area (Å²) in [5.74, 6) is 3.21. The molecule has 4 rings (SSSR count). The van der Waals surface area contributed by atoms with Crippen LogP contribution in [0.25, 0.3) is 0 Å². The molecule has 258 valence electrons. The summed E-state index contributed by atoms with van der Waals surface area (Å²) >= 11 is 0. The molecule has 0 aliphatic heterocycles. The molecule has 0 heterocycles. The molecule has 0 amide bonds. The molecule has 0 N–H and O–H groups in total. The first-order valence-electron chi connectivity index (χ1n) is 18.5. The van der Waals surface area contributed by atoms with E-state index in [0.717, 1.165) is 37.2 Å². The molecule has 0 aromatic heterocycles. The summed E-state index contributed by atoms with van der Waals surface area (Å²) in [6, 6.07) is 0. The molecule has 3 fully saturated rings. The van der Waals surface area contributed by atoms with Crippen molar-refractivity contribution in [1.82, 2.24) is 0 Å². The highest BCUT2D eigenvalue weighted by Crippen LogP contribution is 2.67. The SMILES string of the molecule is CCOC(=O)/C=C/C[C@H](CO[Si](C)(C)C(C)(C)C)[C@H]1CC[C@H]2[C@@H]3CC=C4C[C@@H](O[Si](C)(C)C(C)(C)C)CC[C@]4(C)[C@H]3CC[C@]12C. The zero-order valence-corrected chi connectivity index (χ0v) is 33.6. The molecule has 0 radical (unpaired) electrons. The lowest BCUT2D eigenvalue weighted by Gasteiger charge is -2.59. The molecule has 0 aromatic carbocycles. The number of esters is 1. The van der Waals surface area contributed by atoms with Crippen LogP contribution >= 0.6 is 0 Å². The Bertz CT molecular complexity index is 1110. The van der Waals surface area contributed by atoms with Crippen molar-refractivity contribution < 1.29 is 18.4 Å². The van der Waals surface area contributed by atoms with Gasteiger partial charge in [0, 0.05) is 18.8 Å². The average molecular weight is 659 g/mol. The Labute approximate surface area is 280 Å². The van der Waals surface area contributed by atoms with Crippen molar-refractivity contribution in [3.05, 3.63) is 23.8 Å². The third-order valence-electron chi connectivity index (χ3n) is 14.4. The van der Waals surface area contributed by atoms with Gasteiger partial charge in [0.25, 0.3) is 0 Å². The minimum atomic E-state index is -1.88. The second-order valence-corrected chi connectivity index (χ2v) is 28.5. The third kappa shape index (κ3) is 7.49. The molecular weight excluding hydrogens is 589 g/mol. The zero-order valence-electron chi connectivity index (χ0n) is 31.6. The Morgan fingerprint density at radius 2 is 1.62 bits per heavy atom. The van der Waals surface area contributed by atoms with E-state index in [1.807, 2.05) is 6.92 Å². The van der Waals surface area contributed by atoms with Crippen LogP contribution in [0.5, 0.6) is 0 Å². The maximum absolute atomic E-state index is 12.2. The van der Waals surface area contributed by atoms with Gasteiger partial charge in [0.15, 0.2) is 16.6 Å². The summed E-state index contributed by atoms with van der Waals surface area (Å²) in [4.78, 5) is 12.2. The molecule has 45 heavy (non-hydrogen) atoms. The van der Waals surface area contributed by atoms with Crippen molar-refractivity contribution in [2.24, 2.45) is 40.4 Å². The lowest BCUT2D eigenvalue weighted by atomic mass is 9.47. The highest BCUT2D eigenvalue weighted by Gasteiger charge is 2.60. The number of carbonyl (C=O) groups excluding carboxylic acids is 1. The normalized spacial score (nSPS) is 35.0. The molecule has 8 atom stereocenters. The topological polar surface area (TPSA) is 44.8 Å². The van der Waals surface area contributed by atoms with Gasteiger partial charge in [-0.1, -0.05) is 73.1 Å². The molecule has 4 aliphatic rings. The van der Waals surface area contributed by atoms with Gasteiger partial charge in [0.1, 0.15) is 0 Å². The predicted molar refractivity (Wildman–Crippen MR) is 194 cm³/mol. The summed E-state index contributed by atoms with van der Waals surface area (Å²) in [5, 5.41) is 0.448. The van der Waals surface area contributed by atoms with E-state index in [9.17, 15) is 4.79 Å². The number of carbonyl (C=O) groups is 1. The fraction of sp³-hybridized carbons (Fsp3) is 0.872. The molecule has 0 bridgehead atoms. The minimum Gasteiger partial charge on any atom is -0.463 e. The molecule has 0 saturated heterocycles. The van der Waals surface area contributed by atoms with E-state index in [4.69, 9.17) is 13.6 Å². The number of allylic oxidation sites excluding steroid dienone is 2. The van der Waals surface area contributed by atoms with Gasteiger partial charge in [0.05, 0.1) is 6.61 Å². The Hall–Kier alpha value is -0.696. The van der Waals surface area contributed by atoms with Crippen LogP contribution in [0.4, 0.5) is 0 Å². The Kier molecular flexibility index (Phi) is 11.0. The molecule has 0 unspecified atom stereocenters. The maximum atomic E-state index is 12.2. The molecule has 0 spiro atoms. The van der Waals surface area contributed by atoms with Crippen LogP contribution < -0.4 is 0 Å².